The van der Waals surface area contributed by atoms with Crippen molar-refractivity contribution in [2.75, 3.05) is 24.5 Å². The van der Waals surface area contributed by atoms with E-state index in [1.54, 1.807) is 0 Å². The highest BCUT2D eigenvalue weighted by Gasteiger charge is 2.21. The fourth-order valence-electron chi connectivity index (χ4n) is 2.36. The van der Waals surface area contributed by atoms with E-state index in [-0.39, 0.29) is 0 Å². The molecule has 0 aliphatic carbocycles. The average molecular weight is 257 g/mol. The quantitative estimate of drug-likeness (QED) is 0.389. The fourth-order valence-corrected chi connectivity index (χ4v) is 2.36. The van der Waals surface area contributed by atoms with Gasteiger partial charge in [0.2, 0.25) is 0 Å². The second-order valence-corrected chi connectivity index (χ2v) is 4.62. The maximum atomic E-state index is 4.71. The van der Waals surface area contributed by atoms with Gasteiger partial charge in [-0.15, -0.1) is 0 Å². The summed E-state index contributed by atoms with van der Waals surface area (Å²) in [6.45, 7) is 6.93. The minimum atomic E-state index is 0.839. The van der Waals surface area contributed by atoms with Crippen LogP contribution in [0.5, 0.6) is 0 Å². The number of nitrogens with zero attached hydrogens (tertiary/aromatic N) is 2. The largest absolute Gasteiger partial charge is 0.356 e. The van der Waals surface area contributed by atoms with Gasteiger partial charge in [-0.2, -0.15) is 0 Å². The highest BCUT2D eigenvalue weighted by atomic mass is 15.3. The van der Waals surface area contributed by atoms with Crippen molar-refractivity contribution in [3.63, 3.8) is 0 Å². The Morgan fingerprint density at radius 3 is 3.05 bits per heavy atom. The molecule has 102 valence electrons. The van der Waals surface area contributed by atoms with Gasteiger partial charge in [0.1, 0.15) is 0 Å². The minimum absolute atomic E-state index is 0.839. The predicted octanol–water partition coefficient (Wildman–Crippen LogP) is 2.98. The van der Waals surface area contributed by atoms with Gasteiger partial charge in [-0.3, -0.25) is 4.99 Å². The van der Waals surface area contributed by atoms with Crippen molar-refractivity contribution < 1.29 is 0 Å². The van der Waals surface area contributed by atoms with E-state index in [4.69, 9.17) is 4.99 Å². The van der Waals surface area contributed by atoms with E-state index in [9.17, 15) is 0 Å². The van der Waals surface area contributed by atoms with Gasteiger partial charge in [0.25, 0.3) is 0 Å². The third-order valence-electron chi connectivity index (χ3n) is 3.27. The SMILES string of the molecule is C/C=C/CCN=C(NCC)N1CCc2ccccc21. The molecule has 1 aromatic carbocycles. The summed E-state index contributed by atoms with van der Waals surface area (Å²) in [5.74, 6) is 1.01. The van der Waals surface area contributed by atoms with Crippen molar-refractivity contribution in [3.8, 4) is 0 Å². The molecule has 3 heteroatoms. The summed E-state index contributed by atoms with van der Waals surface area (Å²) in [4.78, 5) is 7.01. The molecule has 2 rings (SSSR count). The lowest BCUT2D eigenvalue weighted by molar-refractivity contribution is 0.877. The molecule has 0 radical (unpaired) electrons. The second kappa shape index (κ2) is 6.98. The van der Waals surface area contributed by atoms with Crippen LogP contribution < -0.4 is 10.2 Å². The van der Waals surface area contributed by atoms with Crippen LogP contribution in [0.2, 0.25) is 0 Å². The van der Waals surface area contributed by atoms with E-state index >= 15 is 0 Å². The molecule has 3 nitrogen and oxygen atoms in total. The maximum absolute atomic E-state index is 4.71. The summed E-state index contributed by atoms with van der Waals surface area (Å²) in [5, 5.41) is 3.39. The summed E-state index contributed by atoms with van der Waals surface area (Å²) in [5.41, 5.74) is 2.72. The van der Waals surface area contributed by atoms with E-state index in [1.165, 1.54) is 11.3 Å². The molecule has 0 saturated heterocycles. The Morgan fingerprint density at radius 1 is 1.42 bits per heavy atom. The third-order valence-corrected chi connectivity index (χ3v) is 3.27. The van der Waals surface area contributed by atoms with E-state index < -0.39 is 0 Å². The molecule has 1 heterocycles. The Balaban J connectivity index is 2.12. The minimum Gasteiger partial charge on any atom is -0.356 e. The first-order valence-corrected chi connectivity index (χ1v) is 7.11. The number of anilines is 1. The lowest BCUT2D eigenvalue weighted by Gasteiger charge is -2.22. The molecule has 19 heavy (non-hydrogen) atoms. The van der Waals surface area contributed by atoms with Gasteiger partial charge in [0.05, 0.1) is 0 Å². The molecule has 0 bridgehead atoms. The van der Waals surface area contributed by atoms with Crippen LogP contribution >= 0.6 is 0 Å². The molecule has 0 atom stereocenters. The Labute approximate surface area is 116 Å². The Kier molecular flexibility index (Phi) is 5.01. The highest BCUT2D eigenvalue weighted by Crippen LogP contribution is 2.27. The van der Waals surface area contributed by atoms with Crippen LogP contribution in [-0.2, 0) is 6.42 Å². The van der Waals surface area contributed by atoms with E-state index in [2.05, 4.69) is 53.6 Å². The molecule has 0 saturated carbocycles. The van der Waals surface area contributed by atoms with Gasteiger partial charge in [0.15, 0.2) is 5.96 Å². The fraction of sp³-hybridized carbons (Fsp3) is 0.438. The lowest BCUT2D eigenvalue weighted by atomic mass is 10.2. The molecular weight excluding hydrogens is 234 g/mol. The smallest absolute Gasteiger partial charge is 0.198 e. The second-order valence-electron chi connectivity index (χ2n) is 4.62. The van der Waals surface area contributed by atoms with Crippen LogP contribution in [0, 0.1) is 0 Å². The molecule has 1 aliphatic heterocycles. The zero-order valence-electron chi connectivity index (χ0n) is 11.9. The highest BCUT2D eigenvalue weighted by molar-refractivity contribution is 5.97. The van der Waals surface area contributed by atoms with Crippen LogP contribution in [0.15, 0.2) is 41.4 Å². The number of nitrogens with one attached hydrogen (secondary N) is 1. The van der Waals surface area contributed by atoms with Crippen LogP contribution in [-0.4, -0.2) is 25.6 Å². The summed E-state index contributed by atoms with van der Waals surface area (Å²) in [6.07, 6.45) is 6.34. The van der Waals surface area contributed by atoms with Crippen LogP contribution in [0.1, 0.15) is 25.8 Å². The molecule has 0 unspecified atom stereocenters. The van der Waals surface area contributed by atoms with E-state index in [1.807, 2.05) is 6.92 Å². The van der Waals surface area contributed by atoms with E-state index in [0.717, 1.165) is 38.4 Å². The number of hydrogen-bond donors (Lipinski definition) is 1. The molecule has 0 fully saturated rings. The van der Waals surface area contributed by atoms with Crippen molar-refractivity contribution in [3.05, 3.63) is 42.0 Å². The molecule has 0 spiro atoms. The summed E-state index contributed by atoms with van der Waals surface area (Å²) in [7, 11) is 0. The van der Waals surface area contributed by atoms with Gasteiger partial charge in [0, 0.05) is 25.3 Å². The van der Waals surface area contributed by atoms with Gasteiger partial charge < -0.3 is 10.2 Å². The van der Waals surface area contributed by atoms with Gasteiger partial charge in [-0.25, -0.2) is 0 Å². The lowest BCUT2D eigenvalue weighted by Crippen LogP contribution is -2.40. The monoisotopic (exact) mass is 257 g/mol. The number of allylic oxidation sites excluding steroid dienone is 1. The number of rotatable bonds is 4. The summed E-state index contributed by atoms with van der Waals surface area (Å²) < 4.78 is 0. The molecule has 1 aliphatic rings. The first-order chi connectivity index (χ1) is 9.36. The van der Waals surface area contributed by atoms with Crippen LogP contribution in [0.3, 0.4) is 0 Å². The number of fused-ring (bicyclic) bond motifs is 1. The average Bonchev–Trinajstić information content (AvgIpc) is 2.86. The standard InChI is InChI=1S/C16H23N3/c1-3-5-8-12-18-16(17-4-2)19-13-11-14-9-6-7-10-15(14)19/h3,5-7,9-10H,4,8,11-13H2,1-2H3,(H,17,18)/b5-3+. The topological polar surface area (TPSA) is 27.6 Å². The first-order valence-electron chi connectivity index (χ1n) is 7.11. The summed E-state index contributed by atoms with van der Waals surface area (Å²) >= 11 is 0. The van der Waals surface area contributed by atoms with Crippen molar-refractivity contribution in [2.24, 2.45) is 4.99 Å². The number of aliphatic imine (C=N–C) groups is 1. The van der Waals surface area contributed by atoms with Crippen molar-refractivity contribution in [2.45, 2.75) is 26.7 Å². The van der Waals surface area contributed by atoms with Gasteiger partial charge in [-0.1, -0.05) is 30.4 Å². The Bertz CT molecular complexity index is 463. The number of benzene rings is 1. The maximum Gasteiger partial charge on any atom is 0.198 e. The molecule has 0 amide bonds. The van der Waals surface area contributed by atoms with E-state index in [0.29, 0.717) is 0 Å². The van der Waals surface area contributed by atoms with Crippen LogP contribution in [0.4, 0.5) is 5.69 Å². The third kappa shape index (κ3) is 3.37. The molecule has 1 N–H and O–H groups in total. The Morgan fingerprint density at radius 2 is 2.26 bits per heavy atom. The predicted molar refractivity (Wildman–Crippen MR) is 82.9 cm³/mol. The first kappa shape index (κ1) is 13.7. The molecule has 0 aromatic heterocycles. The Hall–Kier alpha value is -1.77. The zero-order valence-corrected chi connectivity index (χ0v) is 11.9. The van der Waals surface area contributed by atoms with Crippen LogP contribution in [0.25, 0.3) is 0 Å². The van der Waals surface area contributed by atoms with Crippen molar-refractivity contribution in [1.82, 2.24) is 5.32 Å². The molecular formula is C16H23N3. The van der Waals surface area contributed by atoms with Crippen molar-refractivity contribution >= 4 is 11.6 Å². The normalized spacial score (nSPS) is 15.1. The number of hydrogen-bond acceptors (Lipinski definition) is 1. The van der Waals surface area contributed by atoms with Gasteiger partial charge in [-0.05, 0) is 38.3 Å². The number of guanidine groups is 1. The number of para-hydroxylation sites is 1. The zero-order chi connectivity index (χ0) is 13.5. The van der Waals surface area contributed by atoms with Crippen molar-refractivity contribution in [1.29, 1.82) is 0 Å². The molecule has 1 aromatic rings. The van der Waals surface area contributed by atoms with Gasteiger partial charge >= 0.3 is 0 Å². The summed E-state index contributed by atoms with van der Waals surface area (Å²) in [6, 6.07) is 8.60.